The number of carbonyl (C=O) groups excluding carboxylic acids is 1. The monoisotopic (exact) mass is 608 g/mol. The summed E-state index contributed by atoms with van der Waals surface area (Å²) in [5.41, 5.74) is 16.8. The predicted octanol–water partition coefficient (Wildman–Crippen LogP) is -3.50. The zero-order chi connectivity index (χ0) is 31.4. The van der Waals surface area contributed by atoms with E-state index in [1.165, 1.54) is 6.92 Å². The molecule has 1 aliphatic carbocycles. The Labute approximate surface area is 246 Å². The summed E-state index contributed by atoms with van der Waals surface area (Å²) >= 11 is 0. The highest BCUT2D eigenvalue weighted by atomic mass is 16.7. The number of aliphatic hydroxyl groups is 6. The van der Waals surface area contributed by atoms with Crippen LogP contribution in [0, 0.1) is 5.92 Å². The van der Waals surface area contributed by atoms with Crippen LogP contribution in [0.5, 0.6) is 0 Å². The minimum Gasteiger partial charge on any atom is -0.393 e. The van der Waals surface area contributed by atoms with E-state index in [2.05, 4.69) is 5.32 Å². The van der Waals surface area contributed by atoms with Crippen molar-refractivity contribution in [2.75, 3.05) is 13.2 Å². The van der Waals surface area contributed by atoms with Crippen LogP contribution in [0.25, 0.3) is 0 Å². The van der Waals surface area contributed by atoms with Gasteiger partial charge in [0.1, 0.15) is 30.5 Å². The zero-order valence-corrected chi connectivity index (χ0v) is 24.7. The van der Waals surface area contributed by atoms with Crippen LogP contribution in [0.2, 0.25) is 0 Å². The third-order valence-electron chi connectivity index (χ3n) is 8.76. The quantitative estimate of drug-likeness (QED) is 0.103. The molecule has 0 aromatic rings. The number of rotatable bonds is 12. The van der Waals surface area contributed by atoms with E-state index in [4.69, 9.17) is 36.1 Å². The first-order chi connectivity index (χ1) is 19.7. The molecule has 0 bridgehead atoms. The first-order valence-electron chi connectivity index (χ1n) is 14.9. The van der Waals surface area contributed by atoms with Crippen molar-refractivity contribution in [1.82, 2.24) is 5.32 Å². The Hall–Kier alpha value is -1.05. The second-order valence-corrected chi connectivity index (χ2v) is 12.4. The number of nitrogens with two attached hydrogens (primary N) is 3. The molecule has 3 rings (SSSR count). The normalized spacial score (nSPS) is 43.4. The van der Waals surface area contributed by atoms with Gasteiger partial charge >= 0.3 is 0 Å². The molecule has 3 aliphatic rings. The molecule has 0 aromatic carbocycles. The van der Waals surface area contributed by atoms with Crippen LogP contribution in [-0.4, -0.2) is 135 Å². The van der Waals surface area contributed by atoms with Crippen molar-refractivity contribution in [2.24, 2.45) is 23.1 Å². The molecule has 0 radical (unpaired) electrons. The third-order valence-corrected chi connectivity index (χ3v) is 8.76. The van der Waals surface area contributed by atoms with Gasteiger partial charge in [-0.25, -0.2) is 0 Å². The lowest BCUT2D eigenvalue weighted by Crippen LogP contribution is -2.68. The smallest absolute Gasteiger partial charge is 0.251 e. The summed E-state index contributed by atoms with van der Waals surface area (Å²) in [6.07, 6.45) is -7.73. The Morgan fingerprint density at radius 1 is 1.07 bits per heavy atom. The van der Waals surface area contributed by atoms with Gasteiger partial charge < -0.3 is 72.1 Å². The molecule has 3 fully saturated rings. The van der Waals surface area contributed by atoms with Crippen molar-refractivity contribution in [1.29, 1.82) is 0 Å². The molecule has 15 heteroatoms. The summed E-state index contributed by atoms with van der Waals surface area (Å²) in [6.45, 7) is 4.36. The second kappa shape index (κ2) is 15.3. The van der Waals surface area contributed by atoms with Gasteiger partial charge in [-0.3, -0.25) is 4.79 Å². The van der Waals surface area contributed by atoms with Gasteiger partial charge in [0.15, 0.2) is 18.7 Å². The molecule has 42 heavy (non-hydrogen) atoms. The largest absolute Gasteiger partial charge is 0.393 e. The van der Waals surface area contributed by atoms with E-state index >= 15 is 0 Å². The van der Waals surface area contributed by atoms with Crippen LogP contribution in [0.4, 0.5) is 0 Å². The summed E-state index contributed by atoms with van der Waals surface area (Å²) in [6, 6.07) is -2.33. The summed E-state index contributed by atoms with van der Waals surface area (Å²) in [4.78, 5) is 12.7. The Morgan fingerprint density at radius 2 is 1.74 bits per heavy atom. The molecule has 2 aliphatic heterocycles. The molecule has 246 valence electrons. The Kier molecular flexibility index (Phi) is 12.9. The predicted molar refractivity (Wildman–Crippen MR) is 148 cm³/mol. The number of ether oxygens (including phenoxy) is 4. The molecule has 15 atom stereocenters. The molecule has 0 aromatic heterocycles. The lowest BCUT2D eigenvalue weighted by atomic mass is 9.82. The highest BCUT2D eigenvalue weighted by Gasteiger charge is 2.51. The minimum atomic E-state index is -1.84. The van der Waals surface area contributed by atoms with Crippen LogP contribution in [0.1, 0.15) is 59.3 Å². The second-order valence-electron chi connectivity index (χ2n) is 12.4. The van der Waals surface area contributed by atoms with E-state index < -0.39 is 90.9 Å². The Balaban J connectivity index is 1.77. The van der Waals surface area contributed by atoms with E-state index in [0.717, 1.165) is 12.8 Å². The Bertz CT molecular complexity index is 855. The number of hydrogen-bond donors (Lipinski definition) is 10. The van der Waals surface area contributed by atoms with E-state index in [1.807, 2.05) is 0 Å². The van der Waals surface area contributed by atoms with E-state index in [9.17, 15) is 35.4 Å². The topological polar surface area (TPSA) is 265 Å². The molecule has 1 saturated carbocycles. The number of aliphatic hydroxyl groups excluding tert-OH is 5. The average Bonchev–Trinajstić information content (AvgIpc) is 2.93. The molecule has 13 N–H and O–H groups in total. The van der Waals surface area contributed by atoms with Crippen molar-refractivity contribution >= 4 is 5.91 Å². The molecular weight excluding hydrogens is 556 g/mol. The lowest BCUT2D eigenvalue weighted by molar-refractivity contribution is -0.314. The van der Waals surface area contributed by atoms with E-state index in [0.29, 0.717) is 19.3 Å². The van der Waals surface area contributed by atoms with Gasteiger partial charge in [-0.2, -0.15) is 0 Å². The van der Waals surface area contributed by atoms with Gasteiger partial charge in [-0.05, 0) is 52.4 Å². The molecule has 7 unspecified atom stereocenters. The molecule has 2 saturated heterocycles. The molecular formula is C27H52N4O11. The van der Waals surface area contributed by atoms with Crippen molar-refractivity contribution in [2.45, 2.75) is 144 Å². The van der Waals surface area contributed by atoms with Gasteiger partial charge in [0.2, 0.25) is 0 Å². The van der Waals surface area contributed by atoms with Crippen LogP contribution < -0.4 is 22.5 Å². The molecule has 2 heterocycles. The van der Waals surface area contributed by atoms with Crippen molar-refractivity contribution < 1.29 is 54.4 Å². The van der Waals surface area contributed by atoms with Crippen molar-refractivity contribution in [3.8, 4) is 0 Å². The first kappa shape index (κ1) is 35.4. The lowest BCUT2D eigenvalue weighted by Gasteiger charge is -2.48. The molecule has 1 amide bonds. The summed E-state index contributed by atoms with van der Waals surface area (Å²) in [5, 5.41) is 65.0. The standard InChI is InChI=1S/C27H52N4O11/c1-12(32)5-4-6-14-7-8-15(29)25(40-14)41-22-16(30)9-17(31-24(37)20(35)18(33)10-28)23(21(22)36)42-26-19(34)13(2)27(3,38)11-39-26/h12-23,25-26,32-36,38H,4-11,28-30H2,1-3H3,(H,31,37)/t12?,13-,14-,15?,16+,17-,18+,19?,20+,21?,22?,23?,25-,26-,27?/m1/s1. The maximum Gasteiger partial charge on any atom is 0.251 e. The summed E-state index contributed by atoms with van der Waals surface area (Å²) < 4.78 is 23.9. The Morgan fingerprint density at radius 3 is 2.38 bits per heavy atom. The van der Waals surface area contributed by atoms with Crippen LogP contribution in [0.3, 0.4) is 0 Å². The minimum absolute atomic E-state index is 0.0133. The van der Waals surface area contributed by atoms with Crippen molar-refractivity contribution in [3.63, 3.8) is 0 Å². The maximum atomic E-state index is 12.7. The third kappa shape index (κ3) is 8.78. The highest BCUT2D eigenvalue weighted by Crippen LogP contribution is 2.34. The van der Waals surface area contributed by atoms with Gasteiger partial charge in [0, 0.05) is 18.5 Å². The van der Waals surface area contributed by atoms with E-state index in [1.54, 1.807) is 13.8 Å². The van der Waals surface area contributed by atoms with Crippen molar-refractivity contribution in [3.05, 3.63) is 0 Å². The SMILES string of the molecule is CC(O)CCC[C@@H]1CCC(N)[C@@H](OC2C(O)C(O[C@H]3OCC(C)(O)[C@H](C)C3O)[C@H](NC(=O)[C@@H](O)[C@@H](O)CN)C[C@@H]2N)O1. The van der Waals surface area contributed by atoms with Gasteiger partial charge in [0.25, 0.3) is 5.91 Å². The summed E-state index contributed by atoms with van der Waals surface area (Å²) in [7, 11) is 0. The fourth-order valence-corrected chi connectivity index (χ4v) is 5.68. The average molecular weight is 609 g/mol. The van der Waals surface area contributed by atoms with E-state index in [-0.39, 0.29) is 25.7 Å². The summed E-state index contributed by atoms with van der Waals surface area (Å²) in [5.74, 6) is -1.61. The number of carbonyl (C=O) groups is 1. The van der Waals surface area contributed by atoms with Crippen LogP contribution >= 0.6 is 0 Å². The highest BCUT2D eigenvalue weighted by molar-refractivity contribution is 5.81. The van der Waals surface area contributed by atoms with Gasteiger partial charge in [-0.1, -0.05) is 6.92 Å². The fraction of sp³-hybridized carbons (Fsp3) is 0.963. The zero-order valence-electron chi connectivity index (χ0n) is 24.7. The maximum absolute atomic E-state index is 12.7. The van der Waals surface area contributed by atoms with Gasteiger partial charge in [0.05, 0.1) is 36.5 Å². The number of amides is 1. The van der Waals surface area contributed by atoms with Gasteiger partial charge in [-0.15, -0.1) is 0 Å². The molecule has 0 spiro atoms. The fourth-order valence-electron chi connectivity index (χ4n) is 5.68. The van der Waals surface area contributed by atoms with Crippen LogP contribution in [0.15, 0.2) is 0 Å². The number of hydrogen-bond acceptors (Lipinski definition) is 14. The molecule has 15 nitrogen and oxygen atoms in total. The van der Waals surface area contributed by atoms with Crippen LogP contribution in [-0.2, 0) is 23.7 Å². The number of nitrogens with one attached hydrogen (secondary N) is 1. The first-order valence-corrected chi connectivity index (χ1v) is 14.9.